The SMILES string of the molecule is CCc1c(C#N)ccc2c1OCCO2. The molecule has 0 saturated carbocycles. The van der Waals surface area contributed by atoms with Crippen LogP contribution in [0.5, 0.6) is 11.5 Å². The van der Waals surface area contributed by atoms with Crippen LogP contribution in [0.3, 0.4) is 0 Å². The molecule has 0 aliphatic carbocycles. The number of hydrogen-bond acceptors (Lipinski definition) is 3. The van der Waals surface area contributed by atoms with Crippen LogP contribution >= 0.6 is 0 Å². The summed E-state index contributed by atoms with van der Waals surface area (Å²) in [6.07, 6.45) is 0.787. The predicted molar refractivity (Wildman–Crippen MR) is 51.5 cm³/mol. The summed E-state index contributed by atoms with van der Waals surface area (Å²) in [6, 6.07) is 5.74. The first-order chi connectivity index (χ1) is 6.86. The van der Waals surface area contributed by atoms with E-state index in [0.29, 0.717) is 18.8 Å². The molecule has 0 fully saturated rings. The highest BCUT2D eigenvalue weighted by molar-refractivity contribution is 5.55. The van der Waals surface area contributed by atoms with Crippen molar-refractivity contribution >= 4 is 0 Å². The van der Waals surface area contributed by atoms with Crippen molar-refractivity contribution < 1.29 is 9.47 Å². The molecule has 1 aliphatic rings. The van der Waals surface area contributed by atoms with Gasteiger partial charge in [0.1, 0.15) is 13.2 Å². The maximum Gasteiger partial charge on any atom is 0.165 e. The Balaban J connectivity index is 2.57. The molecule has 0 amide bonds. The molecule has 0 bridgehead atoms. The first-order valence-corrected chi connectivity index (χ1v) is 4.68. The van der Waals surface area contributed by atoms with Crippen molar-refractivity contribution in [1.82, 2.24) is 0 Å². The van der Waals surface area contributed by atoms with Gasteiger partial charge < -0.3 is 9.47 Å². The lowest BCUT2D eigenvalue weighted by Gasteiger charge is -2.21. The highest BCUT2D eigenvalue weighted by Crippen LogP contribution is 2.35. The lowest BCUT2D eigenvalue weighted by molar-refractivity contribution is 0.170. The molecule has 0 aromatic heterocycles. The number of nitriles is 1. The lowest BCUT2D eigenvalue weighted by atomic mass is 10.0. The van der Waals surface area contributed by atoms with Crippen LogP contribution in [0.25, 0.3) is 0 Å². The van der Waals surface area contributed by atoms with Gasteiger partial charge in [-0.05, 0) is 18.6 Å². The van der Waals surface area contributed by atoms with Crippen molar-refractivity contribution in [2.45, 2.75) is 13.3 Å². The number of benzene rings is 1. The minimum absolute atomic E-state index is 0.564. The standard InChI is InChI=1S/C11H11NO2/c1-2-9-8(7-12)3-4-10-11(9)14-6-5-13-10/h3-4H,2,5-6H2,1H3. The molecular weight excluding hydrogens is 178 g/mol. The van der Waals surface area contributed by atoms with Gasteiger partial charge in [0.2, 0.25) is 0 Å². The molecule has 0 radical (unpaired) electrons. The molecule has 0 N–H and O–H groups in total. The largest absolute Gasteiger partial charge is 0.486 e. The summed E-state index contributed by atoms with van der Waals surface area (Å²) in [7, 11) is 0. The molecule has 0 atom stereocenters. The summed E-state index contributed by atoms with van der Waals surface area (Å²) >= 11 is 0. The van der Waals surface area contributed by atoms with Gasteiger partial charge in [0.15, 0.2) is 11.5 Å². The van der Waals surface area contributed by atoms with Crippen molar-refractivity contribution in [3.8, 4) is 17.6 Å². The van der Waals surface area contributed by atoms with Gasteiger partial charge in [0, 0.05) is 5.56 Å². The van der Waals surface area contributed by atoms with Gasteiger partial charge in [-0.3, -0.25) is 0 Å². The molecule has 1 aromatic rings. The normalized spacial score (nSPS) is 13.4. The second-order valence-electron chi connectivity index (χ2n) is 3.08. The van der Waals surface area contributed by atoms with E-state index >= 15 is 0 Å². The van der Waals surface area contributed by atoms with E-state index < -0.39 is 0 Å². The molecule has 0 unspecified atom stereocenters. The van der Waals surface area contributed by atoms with Crippen molar-refractivity contribution in [3.05, 3.63) is 23.3 Å². The lowest BCUT2D eigenvalue weighted by Crippen LogP contribution is -2.16. The Labute approximate surface area is 82.9 Å². The summed E-state index contributed by atoms with van der Waals surface area (Å²) in [5.74, 6) is 1.50. The molecule has 0 spiro atoms. The Morgan fingerprint density at radius 1 is 1.36 bits per heavy atom. The fraction of sp³-hybridized carbons (Fsp3) is 0.364. The molecule has 14 heavy (non-hydrogen) atoms. The van der Waals surface area contributed by atoms with Crippen LogP contribution in [0.15, 0.2) is 12.1 Å². The van der Waals surface area contributed by atoms with E-state index in [-0.39, 0.29) is 0 Å². The van der Waals surface area contributed by atoms with Gasteiger partial charge in [0.25, 0.3) is 0 Å². The van der Waals surface area contributed by atoms with Gasteiger partial charge in [-0.2, -0.15) is 5.26 Å². The Morgan fingerprint density at radius 3 is 2.86 bits per heavy atom. The predicted octanol–water partition coefficient (Wildman–Crippen LogP) is 1.89. The number of hydrogen-bond donors (Lipinski definition) is 0. The average molecular weight is 189 g/mol. The fourth-order valence-corrected chi connectivity index (χ4v) is 1.63. The second-order valence-corrected chi connectivity index (χ2v) is 3.08. The number of rotatable bonds is 1. The molecule has 0 saturated heterocycles. The first kappa shape index (κ1) is 8.89. The van der Waals surface area contributed by atoms with Crippen molar-refractivity contribution in [2.24, 2.45) is 0 Å². The summed E-state index contributed by atoms with van der Waals surface area (Å²) in [5, 5.41) is 8.90. The number of ether oxygens (including phenoxy) is 2. The van der Waals surface area contributed by atoms with E-state index in [1.807, 2.05) is 6.92 Å². The third kappa shape index (κ3) is 1.29. The van der Waals surface area contributed by atoms with E-state index in [4.69, 9.17) is 14.7 Å². The summed E-state index contributed by atoms with van der Waals surface area (Å²) < 4.78 is 10.9. The van der Waals surface area contributed by atoms with Gasteiger partial charge in [-0.1, -0.05) is 6.92 Å². The van der Waals surface area contributed by atoms with Crippen LogP contribution in [0.4, 0.5) is 0 Å². The van der Waals surface area contributed by atoms with Crippen molar-refractivity contribution in [2.75, 3.05) is 13.2 Å². The minimum atomic E-state index is 0.564. The highest BCUT2D eigenvalue weighted by atomic mass is 16.6. The second kappa shape index (κ2) is 3.59. The highest BCUT2D eigenvalue weighted by Gasteiger charge is 2.17. The molecule has 72 valence electrons. The number of nitrogens with zero attached hydrogens (tertiary/aromatic N) is 1. The molecule has 1 aliphatic heterocycles. The number of fused-ring (bicyclic) bond motifs is 1. The van der Waals surface area contributed by atoms with Crippen LogP contribution in [0, 0.1) is 11.3 Å². The topological polar surface area (TPSA) is 42.2 Å². The summed E-state index contributed by atoms with van der Waals surface area (Å²) in [6.45, 7) is 3.16. The van der Waals surface area contributed by atoms with Gasteiger partial charge in [-0.15, -0.1) is 0 Å². The van der Waals surface area contributed by atoms with E-state index in [1.165, 1.54) is 0 Å². The Kier molecular flexibility index (Phi) is 2.28. The summed E-state index contributed by atoms with van der Waals surface area (Å²) in [5.41, 5.74) is 1.63. The zero-order chi connectivity index (χ0) is 9.97. The Hall–Kier alpha value is -1.69. The molecule has 3 nitrogen and oxygen atoms in total. The molecule has 2 rings (SSSR count). The van der Waals surface area contributed by atoms with Crippen LogP contribution in [-0.4, -0.2) is 13.2 Å². The molecule has 1 heterocycles. The quantitative estimate of drug-likeness (QED) is 0.677. The zero-order valence-electron chi connectivity index (χ0n) is 8.04. The van der Waals surface area contributed by atoms with Crippen molar-refractivity contribution in [1.29, 1.82) is 5.26 Å². The third-order valence-corrected chi connectivity index (χ3v) is 2.29. The van der Waals surface area contributed by atoms with Crippen molar-refractivity contribution in [3.63, 3.8) is 0 Å². The molecular formula is C11H11NO2. The smallest absolute Gasteiger partial charge is 0.165 e. The van der Waals surface area contributed by atoms with Gasteiger partial charge >= 0.3 is 0 Å². The van der Waals surface area contributed by atoms with E-state index in [0.717, 1.165) is 23.5 Å². The maximum atomic E-state index is 8.90. The monoisotopic (exact) mass is 189 g/mol. The zero-order valence-corrected chi connectivity index (χ0v) is 8.04. The first-order valence-electron chi connectivity index (χ1n) is 4.68. The van der Waals surface area contributed by atoms with E-state index in [1.54, 1.807) is 12.1 Å². The average Bonchev–Trinajstić information content (AvgIpc) is 2.27. The van der Waals surface area contributed by atoms with Gasteiger partial charge in [-0.25, -0.2) is 0 Å². The fourth-order valence-electron chi connectivity index (χ4n) is 1.63. The van der Waals surface area contributed by atoms with E-state index in [9.17, 15) is 0 Å². The third-order valence-electron chi connectivity index (χ3n) is 2.29. The van der Waals surface area contributed by atoms with Crippen LogP contribution in [0.2, 0.25) is 0 Å². The van der Waals surface area contributed by atoms with Crippen LogP contribution in [0.1, 0.15) is 18.1 Å². The van der Waals surface area contributed by atoms with Crippen LogP contribution < -0.4 is 9.47 Å². The molecule has 3 heteroatoms. The summed E-state index contributed by atoms with van der Waals surface area (Å²) in [4.78, 5) is 0. The Bertz CT molecular complexity index is 393. The van der Waals surface area contributed by atoms with Gasteiger partial charge in [0.05, 0.1) is 11.6 Å². The molecule has 1 aromatic carbocycles. The minimum Gasteiger partial charge on any atom is -0.486 e. The van der Waals surface area contributed by atoms with Crippen LogP contribution in [-0.2, 0) is 6.42 Å². The Morgan fingerprint density at radius 2 is 2.14 bits per heavy atom. The maximum absolute atomic E-state index is 8.90. The van der Waals surface area contributed by atoms with E-state index in [2.05, 4.69) is 6.07 Å².